The van der Waals surface area contributed by atoms with Gasteiger partial charge in [-0.25, -0.2) is 4.39 Å². The van der Waals surface area contributed by atoms with Crippen LogP contribution in [0.25, 0.3) is 0 Å². The second-order valence-corrected chi connectivity index (χ2v) is 4.81. The second-order valence-electron chi connectivity index (χ2n) is 4.81. The lowest BCUT2D eigenvalue weighted by Gasteiger charge is -2.32. The van der Waals surface area contributed by atoms with Gasteiger partial charge in [0.15, 0.2) is 0 Å². The Morgan fingerprint density at radius 1 is 1.29 bits per heavy atom. The van der Waals surface area contributed by atoms with E-state index in [2.05, 4.69) is 4.90 Å². The molecule has 1 aliphatic rings. The molecule has 0 aliphatic heterocycles. The first-order valence-corrected chi connectivity index (χ1v) is 6.08. The van der Waals surface area contributed by atoms with E-state index < -0.39 is 0 Å². The minimum Gasteiger partial charge on any atom is -0.372 e. The summed E-state index contributed by atoms with van der Waals surface area (Å²) < 4.78 is 13.2. The van der Waals surface area contributed by atoms with E-state index in [-0.39, 0.29) is 5.82 Å². The molecule has 0 atom stereocenters. The van der Waals surface area contributed by atoms with Crippen molar-refractivity contribution >= 4 is 11.5 Å². The van der Waals surface area contributed by atoms with Crippen molar-refractivity contribution in [3.63, 3.8) is 0 Å². The summed E-state index contributed by atoms with van der Waals surface area (Å²) in [7, 11) is 2.02. The van der Waals surface area contributed by atoms with Crippen molar-refractivity contribution in [1.82, 2.24) is 0 Å². The molecular formula is C14H18FNO. The van der Waals surface area contributed by atoms with E-state index in [1.165, 1.54) is 6.07 Å². The van der Waals surface area contributed by atoms with E-state index in [4.69, 9.17) is 0 Å². The quantitative estimate of drug-likeness (QED) is 0.785. The smallest absolute Gasteiger partial charge is 0.133 e. The van der Waals surface area contributed by atoms with Gasteiger partial charge in [-0.2, -0.15) is 0 Å². The average Bonchev–Trinajstić information content (AvgIpc) is 2.33. The molecule has 1 saturated carbocycles. The molecule has 0 amide bonds. The van der Waals surface area contributed by atoms with Crippen LogP contribution in [0, 0.1) is 12.7 Å². The molecule has 0 unspecified atom stereocenters. The fourth-order valence-electron chi connectivity index (χ4n) is 2.37. The second kappa shape index (κ2) is 4.86. The molecule has 0 bridgehead atoms. The number of hydrogen-bond acceptors (Lipinski definition) is 2. The summed E-state index contributed by atoms with van der Waals surface area (Å²) in [5, 5.41) is 0. The van der Waals surface area contributed by atoms with Crippen molar-refractivity contribution in [3.8, 4) is 0 Å². The molecule has 0 saturated heterocycles. The van der Waals surface area contributed by atoms with Crippen molar-refractivity contribution < 1.29 is 9.18 Å². The van der Waals surface area contributed by atoms with Crippen LogP contribution < -0.4 is 4.90 Å². The number of ketones is 1. The van der Waals surface area contributed by atoms with E-state index in [0.717, 1.165) is 18.5 Å². The zero-order chi connectivity index (χ0) is 12.4. The largest absolute Gasteiger partial charge is 0.372 e. The van der Waals surface area contributed by atoms with Crippen LogP contribution in [0.15, 0.2) is 18.2 Å². The van der Waals surface area contributed by atoms with Gasteiger partial charge in [-0.05, 0) is 43.5 Å². The van der Waals surface area contributed by atoms with Gasteiger partial charge < -0.3 is 4.90 Å². The number of hydrogen-bond donors (Lipinski definition) is 0. The highest BCUT2D eigenvalue weighted by atomic mass is 19.1. The summed E-state index contributed by atoms with van der Waals surface area (Å²) in [6.45, 7) is 1.77. The highest BCUT2D eigenvalue weighted by Crippen LogP contribution is 2.25. The third kappa shape index (κ3) is 2.65. The number of anilines is 1. The minimum absolute atomic E-state index is 0.166. The van der Waals surface area contributed by atoms with Crippen LogP contribution >= 0.6 is 0 Å². The Hall–Kier alpha value is -1.38. The average molecular weight is 235 g/mol. The number of halogens is 1. The van der Waals surface area contributed by atoms with Crippen LogP contribution in [0.1, 0.15) is 31.2 Å². The molecule has 0 radical (unpaired) electrons. The summed E-state index contributed by atoms with van der Waals surface area (Å²) >= 11 is 0. The van der Waals surface area contributed by atoms with Crippen LogP contribution in [0.2, 0.25) is 0 Å². The number of benzene rings is 1. The van der Waals surface area contributed by atoms with Crippen LogP contribution in [0.3, 0.4) is 0 Å². The van der Waals surface area contributed by atoms with E-state index in [1.54, 1.807) is 13.0 Å². The summed E-state index contributed by atoms with van der Waals surface area (Å²) in [4.78, 5) is 13.4. The van der Waals surface area contributed by atoms with Gasteiger partial charge in [-0.15, -0.1) is 0 Å². The molecule has 1 fully saturated rings. The molecule has 17 heavy (non-hydrogen) atoms. The normalized spacial score (nSPS) is 17.2. The first kappa shape index (κ1) is 12.1. The summed E-state index contributed by atoms with van der Waals surface area (Å²) in [5.41, 5.74) is 1.70. The summed E-state index contributed by atoms with van der Waals surface area (Å²) in [6.07, 6.45) is 3.17. The lowest BCUT2D eigenvalue weighted by atomic mass is 9.93. The molecule has 1 aliphatic carbocycles. The predicted octanol–water partition coefficient (Wildman–Crippen LogP) is 3.08. The van der Waals surface area contributed by atoms with Gasteiger partial charge in [0, 0.05) is 31.6 Å². The lowest BCUT2D eigenvalue weighted by molar-refractivity contribution is -0.120. The molecule has 0 heterocycles. The fraction of sp³-hybridized carbons (Fsp3) is 0.500. The molecule has 0 aromatic heterocycles. The zero-order valence-corrected chi connectivity index (χ0v) is 10.4. The summed E-state index contributed by atoms with van der Waals surface area (Å²) in [5.74, 6) is 0.200. The van der Waals surface area contributed by atoms with Gasteiger partial charge in [0.05, 0.1) is 0 Å². The molecule has 1 aromatic carbocycles. The number of nitrogens with zero attached hydrogens (tertiary/aromatic N) is 1. The Labute approximate surface area is 101 Å². The monoisotopic (exact) mass is 235 g/mol. The van der Waals surface area contributed by atoms with Crippen molar-refractivity contribution in [2.75, 3.05) is 11.9 Å². The Balaban J connectivity index is 2.11. The van der Waals surface area contributed by atoms with Gasteiger partial charge in [-0.1, -0.05) is 0 Å². The zero-order valence-electron chi connectivity index (χ0n) is 10.4. The Morgan fingerprint density at radius 2 is 1.94 bits per heavy atom. The maximum absolute atomic E-state index is 13.2. The highest BCUT2D eigenvalue weighted by molar-refractivity contribution is 5.79. The Morgan fingerprint density at radius 3 is 2.53 bits per heavy atom. The maximum Gasteiger partial charge on any atom is 0.133 e. The topological polar surface area (TPSA) is 20.3 Å². The molecule has 3 heteroatoms. The third-order valence-corrected chi connectivity index (χ3v) is 3.61. The van der Waals surface area contributed by atoms with Crippen LogP contribution in [0.5, 0.6) is 0 Å². The predicted molar refractivity (Wildman–Crippen MR) is 66.8 cm³/mol. The molecule has 92 valence electrons. The number of carbonyl (C=O) groups excluding carboxylic acids is 1. The SMILES string of the molecule is Cc1cc(N(C)C2CCC(=O)CC2)ccc1F. The van der Waals surface area contributed by atoms with E-state index >= 15 is 0 Å². The lowest BCUT2D eigenvalue weighted by Crippen LogP contribution is -2.35. The van der Waals surface area contributed by atoms with Crippen LogP contribution in [0.4, 0.5) is 10.1 Å². The molecule has 2 rings (SSSR count). The maximum atomic E-state index is 13.2. The van der Waals surface area contributed by atoms with Crippen LogP contribution in [-0.4, -0.2) is 18.9 Å². The first-order chi connectivity index (χ1) is 8.08. The van der Waals surface area contributed by atoms with Crippen molar-refractivity contribution in [1.29, 1.82) is 0 Å². The van der Waals surface area contributed by atoms with Crippen molar-refractivity contribution in [2.24, 2.45) is 0 Å². The fourth-order valence-corrected chi connectivity index (χ4v) is 2.37. The van der Waals surface area contributed by atoms with Gasteiger partial charge >= 0.3 is 0 Å². The molecule has 0 N–H and O–H groups in total. The third-order valence-electron chi connectivity index (χ3n) is 3.61. The minimum atomic E-state index is -0.166. The van der Waals surface area contributed by atoms with Crippen molar-refractivity contribution in [2.45, 2.75) is 38.6 Å². The molecular weight excluding hydrogens is 217 g/mol. The summed E-state index contributed by atoms with van der Waals surface area (Å²) in [6, 6.07) is 5.58. The number of aryl methyl sites for hydroxylation is 1. The van der Waals surface area contributed by atoms with Gasteiger partial charge in [0.2, 0.25) is 0 Å². The van der Waals surface area contributed by atoms with Gasteiger partial charge in [-0.3, -0.25) is 4.79 Å². The van der Waals surface area contributed by atoms with Gasteiger partial charge in [0.1, 0.15) is 11.6 Å². The Kier molecular flexibility index (Phi) is 3.46. The molecule has 2 nitrogen and oxygen atoms in total. The van der Waals surface area contributed by atoms with Crippen LogP contribution in [-0.2, 0) is 4.79 Å². The number of carbonyl (C=O) groups is 1. The number of Topliss-reactive ketones (excluding diaryl/α,β-unsaturated/α-hetero) is 1. The van der Waals surface area contributed by atoms with E-state index in [0.29, 0.717) is 30.2 Å². The van der Waals surface area contributed by atoms with E-state index in [1.807, 2.05) is 13.1 Å². The van der Waals surface area contributed by atoms with E-state index in [9.17, 15) is 9.18 Å². The Bertz CT molecular complexity index is 420. The first-order valence-electron chi connectivity index (χ1n) is 6.08. The van der Waals surface area contributed by atoms with Crippen molar-refractivity contribution in [3.05, 3.63) is 29.6 Å². The van der Waals surface area contributed by atoms with Gasteiger partial charge in [0.25, 0.3) is 0 Å². The molecule has 0 spiro atoms. The highest BCUT2D eigenvalue weighted by Gasteiger charge is 2.22. The molecule has 1 aromatic rings. The number of rotatable bonds is 2. The standard InChI is InChI=1S/C14H18FNO/c1-10-9-12(5-8-14(10)15)16(2)11-3-6-13(17)7-4-11/h5,8-9,11H,3-4,6-7H2,1-2H3.